The molecule has 1 aromatic carbocycles. The van der Waals surface area contributed by atoms with Gasteiger partial charge in [0.25, 0.3) is 0 Å². The summed E-state index contributed by atoms with van der Waals surface area (Å²) in [6, 6.07) is 5.05. The molecule has 2 heterocycles. The minimum atomic E-state index is -0.887. The molecule has 170 valence electrons. The fraction of sp³-hybridized carbons (Fsp3) is 0.381. The summed E-state index contributed by atoms with van der Waals surface area (Å²) in [6.07, 6.45) is 0. The summed E-state index contributed by atoms with van der Waals surface area (Å²) in [5, 5.41) is 8.92. The van der Waals surface area contributed by atoms with Gasteiger partial charge in [0.1, 0.15) is 23.0 Å². The zero-order valence-corrected chi connectivity index (χ0v) is 20.0. The summed E-state index contributed by atoms with van der Waals surface area (Å²) < 4.78 is 16.1. The molecule has 32 heavy (non-hydrogen) atoms. The van der Waals surface area contributed by atoms with E-state index < -0.39 is 23.8 Å². The number of hydrogen-bond acceptors (Lipinski definition) is 9. The molecule has 0 fully saturated rings. The number of rotatable bonds is 8. The first-order valence-corrected chi connectivity index (χ1v) is 11.3. The minimum Gasteiger partial charge on any atom is -0.468 e. The van der Waals surface area contributed by atoms with Crippen molar-refractivity contribution in [2.75, 3.05) is 20.3 Å². The Morgan fingerprint density at radius 2 is 2.00 bits per heavy atom. The maximum absolute atomic E-state index is 13.1. The second-order valence-corrected chi connectivity index (χ2v) is 8.48. The zero-order valence-electron chi connectivity index (χ0n) is 17.6. The lowest BCUT2D eigenvalue weighted by atomic mass is 9.75. The largest absolute Gasteiger partial charge is 0.468 e. The number of esters is 2. The molecule has 8 nitrogen and oxygen atoms in total. The number of halogens is 2. The fourth-order valence-corrected chi connectivity index (χ4v) is 4.40. The number of nitrogens with zero attached hydrogens (tertiary/aromatic N) is 3. The van der Waals surface area contributed by atoms with Gasteiger partial charge in [0.15, 0.2) is 0 Å². The van der Waals surface area contributed by atoms with Gasteiger partial charge in [-0.05, 0) is 25.5 Å². The molecule has 2 unspecified atom stereocenters. The number of aromatic nitrogens is 2. The average Bonchev–Trinajstić information content (AvgIpc) is 3.28. The van der Waals surface area contributed by atoms with Gasteiger partial charge in [-0.1, -0.05) is 35.3 Å². The van der Waals surface area contributed by atoms with Crippen molar-refractivity contribution in [1.29, 1.82) is 0 Å². The summed E-state index contributed by atoms with van der Waals surface area (Å²) in [6.45, 7) is 3.72. The molecule has 0 aliphatic carbocycles. The Hall–Kier alpha value is -2.33. The first kappa shape index (κ1) is 24.3. The molecule has 0 saturated carbocycles. The van der Waals surface area contributed by atoms with E-state index in [4.69, 9.17) is 37.4 Å². The quantitative estimate of drug-likeness (QED) is 0.503. The Kier molecular flexibility index (Phi) is 8.36. The number of aliphatic imine (C=N–C) groups is 1. The Morgan fingerprint density at radius 1 is 1.22 bits per heavy atom. The van der Waals surface area contributed by atoms with Gasteiger partial charge in [0.05, 0.1) is 41.6 Å². The van der Waals surface area contributed by atoms with Crippen LogP contribution in [-0.2, 0) is 30.4 Å². The molecule has 2 atom stereocenters. The van der Waals surface area contributed by atoms with Gasteiger partial charge in [0, 0.05) is 11.6 Å². The predicted molar refractivity (Wildman–Crippen MR) is 121 cm³/mol. The highest BCUT2D eigenvalue weighted by molar-refractivity contribution is 7.09. The maximum atomic E-state index is 13.1. The Labute approximate surface area is 199 Å². The van der Waals surface area contributed by atoms with Crippen molar-refractivity contribution in [3.05, 3.63) is 55.6 Å². The molecule has 3 rings (SSSR count). The van der Waals surface area contributed by atoms with Crippen LogP contribution in [0, 0.1) is 5.92 Å². The van der Waals surface area contributed by atoms with Crippen LogP contribution < -0.4 is 0 Å². The number of methoxy groups -OCH3 is 1. The Bertz CT molecular complexity index is 1060. The Morgan fingerprint density at radius 3 is 2.66 bits per heavy atom. The van der Waals surface area contributed by atoms with Crippen LogP contribution >= 0.6 is 34.5 Å². The van der Waals surface area contributed by atoms with E-state index in [0.717, 1.165) is 0 Å². The van der Waals surface area contributed by atoms with Gasteiger partial charge in [0.2, 0.25) is 0 Å². The number of carbonyl (C=O) groups excluding carboxylic acids is 2. The first-order chi connectivity index (χ1) is 15.4. The van der Waals surface area contributed by atoms with E-state index in [-0.39, 0.29) is 30.4 Å². The molecule has 11 heteroatoms. The van der Waals surface area contributed by atoms with Crippen LogP contribution in [0.15, 0.2) is 40.0 Å². The van der Waals surface area contributed by atoms with Gasteiger partial charge in [-0.15, -0.1) is 21.5 Å². The summed E-state index contributed by atoms with van der Waals surface area (Å²) in [4.78, 5) is 30.4. The molecule has 0 bridgehead atoms. The highest BCUT2D eigenvalue weighted by Crippen LogP contribution is 2.44. The van der Waals surface area contributed by atoms with Crippen LogP contribution in [0.2, 0.25) is 10.0 Å². The third-order valence-corrected chi connectivity index (χ3v) is 6.36. The number of benzene rings is 1. The highest BCUT2D eigenvalue weighted by Gasteiger charge is 2.44. The summed E-state index contributed by atoms with van der Waals surface area (Å²) in [5.74, 6) is -2.87. The highest BCUT2D eigenvalue weighted by atomic mass is 35.5. The van der Waals surface area contributed by atoms with Gasteiger partial charge >= 0.3 is 11.9 Å². The van der Waals surface area contributed by atoms with Crippen LogP contribution in [0.4, 0.5) is 0 Å². The summed E-state index contributed by atoms with van der Waals surface area (Å²) in [7, 11) is 1.28. The molecular formula is C21H21Cl2N3O5S. The van der Waals surface area contributed by atoms with Crippen molar-refractivity contribution in [1.82, 2.24) is 10.2 Å². The monoisotopic (exact) mass is 497 g/mol. The lowest BCUT2D eigenvalue weighted by Gasteiger charge is -2.32. The summed E-state index contributed by atoms with van der Waals surface area (Å²) >= 11 is 14.1. The lowest BCUT2D eigenvalue weighted by molar-refractivity contribution is -0.144. The van der Waals surface area contributed by atoms with Crippen molar-refractivity contribution >= 4 is 52.2 Å². The number of hydrogen-bond donors (Lipinski definition) is 0. The number of ether oxygens (including phenoxy) is 3. The topological polar surface area (TPSA) is 100.0 Å². The average molecular weight is 498 g/mol. The van der Waals surface area contributed by atoms with E-state index in [0.29, 0.717) is 27.0 Å². The van der Waals surface area contributed by atoms with E-state index in [9.17, 15) is 9.59 Å². The predicted octanol–water partition coefficient (Wildman–Crippen LogP) is 4.23. The molecule has 0 saturated heterocycles. The third-order valence-electron chi connectivity index (χ3n) is 4.85. The van der Waals surface area contributed by atoms with Crippen LogP contribution in [0.25, 0.3) is 0 Å². The zero-order chi connectivity index (χ0) is 23.3. The Balaban J connectivity index is 2.11. The lowest BCUT2D eigenvalue weighted by Crippen LogP contribution is -2.37. The van der Waals surface area contributed by atoms with Crippen molar-refractivity contribution in [3.8, 4) is 0 Å². The van der Waals surface area contributed by atoms with E-state index in [1.807, 2.05) is 0 Å². The van der Waals surface area contributed by atoms with Crippen molar-refractivity contribution in [3.63, 3.8) is 0 Å². The molecule has 0 amide bonds. The standard InChI is InChI=1S/C21H21Cl2N3O5S/c1-4-31-21(28)18-14(8-30-9-15-26-24-10-32-15)25-11(2)16(20(27)29-3)17(18)12-6-5-7-13(22)19(12)23/h5-7,10,16-17H,4,8-9H2,1-3H3. The third kappa shape index (κ3) is 5.17. The van der Waals surface area contributed by atoms with E-state index >= 15 is 0 Å². The van der Waals surface area contributed by atoms with Crippen LogP contribution in [-0.4, -0.2) is 48.2 Å². The molecule has 2 aromatic rings. The van der Waals surface area contributed by atoms with E-state index in [1.165, 1.54) is 18.4 Å². The van der Waals surface area contributed by atoms with Crippen molar-refractivity contribution < 1.29 is 23.8 Å². The van der Waals surface area contributed by atoms with Crippen molar-refractivity contribution in [2.45, 2.75) is 26.4 Å². The van der Waals surface area contributed by atoms with Crippen LogP contribution in [0.5, 0.6) is 0 Å². The molecule has 1 aliphatic heterocycles. The SMILES string of the molecule is CCOC(=O)C1=C(COCc2nncs2)N=C(C)C(C(=O)OC)C1c1cccc(Cl)c1Cl. The van der Waals surface area contributed by atoms with Crippen LogP contribution in [0.1, 0.15) is 30.3 Å². The molecule has 0 radical (unpaired) electrons. The normalized spacial score (nSPS) is 18.3. The molecule has 0 spiro atoms. The van der Waals surface area contributed by atoms with Gasteiger partial charge < -0.3 is 14.2 Å². The molecule has 0 N–H and O–H groups in total. The van der Waals surface area contributed by atoms with Crippen LogP contribution in [0.3, 0.4) is 0 Å². The second kappa shape index (κ2) is 11.0. The van der Waals surface area contributed by atoms with Gasteiger partial charge in [-0.25, -0.2) is 4.79 Å². The molecular weight excluding hydrogens is 477 g/mol. The first-order valence-electron chi connectivity index (χ1n) is 9.68. The number of carbonyl (C=O) groups is 2. The molecule has 1 aliphatic rings. The minimum absolute atomic E-state index is 0.00630. The summed E-state index contributed by atoms with van der Waals surface area (Å²) in [5.41, 5.74) is 3.07. The maximum Gasteiger partial charge on any atom is 0.336 e. The molecule has 1 aromatic heterocycles. The smallest absolute Gasteiger partial charge is 0.336 e. The second-order valence-electron chi connectivity index (χ2n) is 6.78. The van der Waals surface area contributed by atoms with Gasteiger partial charge in [-0.2, -0.15) is 0 Å². The van der Waals surface area contributed by atoms with E-state index in [1.54, 1.807) is 37.6 Å². The fourth-order valence-electron chi connectivity index (χ4n) is 3.52. The van der Waals surface area contributed by atoms with E-state index in [2.05, 4.69) is 15.2 Å². The van der Waals surface area contributed by atoms with Gasteiger partial charge in [-0.3, -0.25) is 9.79 Å². The van der Waals surface area contributed by atoms with Crippen molar-refractivity contribution in [2.24, 2.45) is 10.9 Å².